The van der Waals surface area contributed by atoms with Gasteiger partial charge in [-0.3, -0.25) is 14.4 Å². The van der Waals surface area contributed by atoms with Gasteiger partial charge in [0.1, 0.15) is 5.41 Å². The number of aliphatic carboxylic acids is 1. The molecule has 1 aliphatic heterocycles. The largest absolute Gasteiger partial charge is 0.480 e. The minimum Gasteiger partial charge on any atom is -0.480 e. The maximum Gasteiger partial charge on any atom is 0.319 e. The summed E-state index contributed by atoms with van der Waals surface area (Å²) < 4.78 is 5.16. The molecular weight excluding hydrogens is 264 g/mol. The van der Waals surface area contributed by atoms with Crippen molar-refractivity contribution in [3.63, 3.8) is 0 Å². The van der Waals surface area contributed by atoms with Crippen molar-refractivity contribution in [3.8, 4) is 0 Å². The van der Waals surface area contributed by atoms with E-state index in [1.54, 1.807) is 4.90 Å². The summed E-state index contributed by atoms with van der Waals surface area (Å²) in [5.41, 5.74) is -1.26. The molecule has 2 N–H and O–H groups in total. The first-order valence-corrected chi connectivity index (χ1v) is 6.93. The fourth-order valence-corrected chi connectivity index (χ4v) is 2.49. The molecule has 2 rings (SSSR count). The first-order chi connectivity index (χ1) is 9.56. The predicted molar refractivity (Wildman–Crippen MR) is 68.9 cm³/mol. The topological polar surface area (TPSA) is 95.9 Å². The molecule has 0 aromatic carbocycles. The third kappa shape index (κ3) is 2.92. The first kappa shape index (κ1) is 14.8. The maximum absolute atomic E-state index is 11.9. The highest BCUT2D eigenvalue weighted by atomic mass is 16.5. The molecular formula is C13H20N2O5. The minimum atomic E-state index is -1.26. The summed E-state index contributed by atoms with van der Waals surface area (Å²) in [6.45, 7) is 2.42. The molecule has 0 atom stereocenters. The van der Waals surface area contributed by atoms with Crippen LogP contribution in [0.4, 0.5) is 0 Å². The molecule has 2 amide bonds. The number of nitrogens with zero attached hydrogens (tertiary/aromatic N) is 1. The quantitative estimate of drug-likeness (QED) is 0.670. The van der Waals surface area contributed by atoms with E-state index in [9.17, 15) is 14.4 Å². The van der Waals surface area contributed by atoms with Gasteiger partial charge in [0.05, 0.1) is 13.2 Å². The number of rotatable bonds is 5. The zero-order valence-electron chi connectivity index (χ0n) is 11.4. The van der Waals surface area contributed by atoms with Crippen LogP contribution in [0.3, 0.4) is 0 Å². The number of morpholine rings is 1. The van der Waals surface area contributed by atoms with Gasteiger partial charge in [0.2, 0.25) is 11.8 Å². The van der Waals surface area contributed by atoms with Crippen LogP contribution in [-0.4, -0.2) is 60.6 Å². The van der Waals surface area contributed by atoms with E-state index in [0.717, 1.165) is 6.42 Å². The number of nitrogens with one attached hydrogen (secondary N) is 1. The summed E-state index contributed by atoms with van der Waals surface area (Å²) in [4.78, 5) is 36.6. The van der Waals surface area contributed by atoms with Crippen molar-refractivity contribution in [1.29, 1.82) is 0 Å². The fourth-order valence-electron chi connectivity index (χ4n) is 2.49. The molecule has 0 aromatic rings. The summed E-state index contributed by atoms with van der Waals surface area (Å²) in [5, 5.41) is 11.7. The number of carboxylic acid groups (broad SMARTS) is 1. The number of amides is 2. The number of hydrogen-bond acceptors (Lipinski definition) is 4. The third-order valence-electron chi connectivity index (χ3n) is 4.04. The first-order valence-electron chi connectivity index (χ1n) is 6.93. The second-order valence-corrected chi connectivity index (χ2v) is 5.24. The lowest BCUT2D eigenvalue weighted by Gasteiger charge is -2.35. The molecule has 0 radical (unpaired) electrons. The maximum atomic E-state index is 11.9. The Bertz CT molecular complexity index is 400. The summed E-state index contributed by atoms with van der Waals surface area (Å²) in [6.07, 6.45) is 1.71. The Morgan fingerprint density at radius 3 is 2.35 bits per heavy atom. The van der Waals surface area contributed by atoms with E-state index in [1.807, 2.05) is 0 Å². The van der Waals surface area contributed by atoms with E-state index in [2.05, 4.69) is 5.32 Å². The van der Waals surface area contributed by atoms with Crippen molar-refractivity contribution in [2.24, 2.45) is 5.41 Å². The van der Waals surface area contributed by atoms with Crippen molar-refractivity contribution in [1.82, 2.24) is 10.2 Å². The van der Waals surface area contributed by atoms with Crippen molar-refractivity contribution >= 4 is 17.8 Å². The minimum absolute atomic E-state index is 0.0356. The standard InChI is InChI=1S/C13H20N2O5/c16-10(15-6-8-20-9-7-15)2-5-14-11(17)13(12(18)19)3-1-4-13/h1-9H2,(H,14,17)(H,18,19). The van der Waals surface area contributed by atoms with E-state index in [4.69, 9.17) is 9.84 Å². The molecule has 0 unspecified atom stereocenters. The Morgan fingerprint density at radius 2 is 1.85 bits per heavy atom. The molecule has 0 spiro atoms. The van der Waals surface area contributed by atoms with Gasteiger partial charge in [-0.25, -0.2) is 0 Å². The van der Waals surface area contributed by atoms with Crippen LogP contribution < -0.4 is 5.32 Å². The van der Waals surface area contributed by atoms with Crippen molar-refractivity contribution < 1.29 is 24.2 Å². The summed E-state index contributed by atoms with van der Waals surface area (Å²) in [7, 11) is 0. The van der Waals surface area contributed by atoms with Crippen LogP contribution in [0, 0.1) is 5.41 Å². The molecule has 20 heavy (non-hydrogen) atoms. The van der Waals surface area contributed by atoms with Crippen LogP contribution in [-0.2, 0) is 19.1 Å². The second-order valence-electron chi connectivity index (χ2n) is 5.24. The Labute approximate surface area is 117 Å². The lowest BCUT2D eigenvalue weighted by molar-refractivity contribution is -0.162. The summed E-state index contributed by atoms with van der Waals surface area (Å²) in [6, 6.07) is 0. The van der Waals surface area contributed by atoms with Crippen LogP contribution in [0.15, 0.2) is 0 Å². The van der Waals surface area contributed by atoms with Crippen LogP contribution >= 0.6 is 0 Å². The van der Waals surface area contributed by atoms with Gasteiger partial charge in [-0.1, -0.05) is 6.42 Å². The van der Waals surface area contributed by atoms with Crippen molar-refractivity contribution in [2.45, 2.75) is 25.7 Å². The van der Waals surface area contributed by atoms with E-state index >= 15 is 0 Å². The number of hydrogen-bond donors (Lipinski definition) is 2. The highest BCUT2D eigenvalue weighted by Crippen LogP contribution is 2.41. The molecule has 1 heterocycles. The highest BCUT2D eigenvalue weighted by Gasteiger charge is 2.50. The monoisotopic (exact) mass is 284 g/mol. The zero-order chi connectivity index (χ0) is 14.6. The molecule has 0 bridgehead atoms. The van der Waals surface area contributed by atoms with Gasteiger partial charge >= 0.3 is 5.97 Å². The number of carboxylic acids is 1. The lowest BCUT2D eigenvalue weighted by atomic mass is 9.68. The molecule has 7 nitrogen and oxygen atoms in total. The van der Waals surface area contributed by atoms with E-state index in [-0.39, 0.29) is 18.9 Å². The normalized spacial score (nSPS) is 20.9. The Hall–Kier alpha value is -1.63. The second kappa shape index (κ2) is 6.21. The summed E-state index contributed by atoms with van der Waals surface area (Å²) in [5.74, 6) is -1.57. The van der Waals surface area contributed by atoms with Gasteiger partial charge in [-0.05, 0) is 12.8 Å². The van der Waals surface area contributed by atoms with Crippen molar-refractivity contribution in [2.75, 3.05) is 32.8 Å². The molecule has 0 aromatic heterocycles. The number of carbonyl (C=O) groups is 3. The van der Waals surface area contributed by atoms with Gasteiger partial charge in [-0.15, -0.1) is 0 Å². The zero-order valence-corrected chi connectivity index (χ0v) is 11.4. The molecule has 2 aliphatic rings. The molecule has 112 valence electrons. The third-order valence-corrected chi connectivity index (χ3v) is 4.04. The molecule has 1 saturated heterocycles. The fraction of sp³-hybridized carbons (Fsp3) is 0.769. The number of carbonyl (C=O) groups excluding carboxylic acids is 2. The van der Waals surface area contributed by atoms with Crippen LogP contribution in [0.5, 0.6) is 0 Å². The predicted octanol–water partition coefficient (Wildman–Crippen LogP) is -0.394. The average molecular weight is 284 g/mol. The SMILES string of the molecule is O=C(CCNC(=O)C1(C(=O)O)CCC1)N1CCOCC1. The van der Waals surface area contributed by atoms with E-state index in [1.165, 1.54) is 0 Å². The van der Waals surface area contributed by atoms with Gasteiger partial charge in [0, 0.05) is 26.1 Å². The molecule has 2 fully saturated rings. The smallest absolute Gasteiger partial charge is 0.319 e. The van der Waals surface area contributed by atoms with Gasteiger partial charge < -0.3 is 20.1 Å². The molecule has 7 heteroatoms. The van der Waals surface area contributed by atoms with Gasteiger partial charge in [-0.2, -0.15) is 0 Å². The Balaban J connectivity index is 1.73. The number of ether oxygens (including phenoxy) is 1. The van der Waals surface area contributed by atoms with E-state index in [0.29, 0.717) is 39.1 Å². The van der Waals surface area contributed by atoms with Gasteiger partial charge in [0.15, 0.2) is 0 Å². The van der Waals surface area contributed by atoms with E-state index < -0.39 is 17.3 Å². The highest BCUT2D eigenvalue weighted by molar-refractivity contribution is 6.02. The molecule has 1 aliphatic carbocycles. The molecule has 1 saturated carbocycles. The van der Waals surface area contributed by atoms with Crippen LogP contribution in [0.2, 0.25) is 0 Å². The Morgan fingerprint density at radius 1 is 1.20 bits per heavy atom. The van der Waals surface area contributed by atoms with Crippen molar-refractivity contribution in [3.05, 3.63) is 0 Å². The summed E-state index contributed by atoms with van der Waals surface area (Å²) >= 11 is 0. The lowest BCUT2D eigenvalue weighted by Crippen LogP contribution is -2.51. The van der Waals surface area contributed by atoms with Gasteiger partial charge in [0.25, 0.3) is 0 Å². The average Bonchev–Trinajstić information content (AvgIpc) is 2.37. The Kier molecular flexibility index (Phi) is 4.59. The van der Waals surface area contributed by atoms with Crippen LogP contribution in [0.25, 0.3) is 0 Å². The van der Waals surface area contributed by atoms with Crippen LogP contribution in [0.1, 0.15) is 25.7 Å².